The van der Waals surface area contributed by atoms with Gasteiger partial charge in [-0.15, -0.1) is 0 Å². The maximum Gasteiger partial charge on any atom is 0.146 e. The van der Waals surface area contributed by atoms with Gasteiger partial charge in [0.2, 0.25) is 0 Å². The molecule has 0 saturated carbocycles. The molecule has 0 amide bonds. The number of hydrogen-bond acceptors (Lipinski definition) is 3. The van der Waals surface area contributed by atoms with Crippen LogP contribution in [-0.2, 0) is 0 Å². The van der Waals surface area contributed by atoms with Gasteiger partial charge in [0.05, 0.1) is 5.69 Å². The van der Waals surface area contributed by atoms with Crippen LogP contribution in [0, 0.1) is 23.1 Å². The van der Waals surface area contributed by atoms with E-state index in [4.69, 9.17) is 17.5 Å². The van der Waals surface area contributed by atoms with Gasteiger partial charge in [-0.25, -0.2) is 4.39 Å². The number of halogens is 1. The minimum atomic E-state index is -0.471. The molecular weight excluding hydrogens is 251 g/mol. The highest BCUT2D eigenvalue weighted by atomic mass is 32.1. The number of aliphatic hydroxyl groups excluding tert-OH is 1. The van der Waals surface area contributed by atoms with Gasteiger partial charge >= 0.3 is 0 Å². The molecule has 94 valence electrons. The lowest BCUT2D eigenvalue weighted by molar-refractivity contribution is 0.350. The predicted octanol–water partition coefficient (Wildman–Crippen LogP) is 3.56. The summed E-state index contributed by atoms with van der Waals surface area (Å²) >= 11 is 4.99. The van der Waals surface area contributed by atoms with E-state index in [1.54, 1.807) is 26.0 Å². The standard InChI is InChI=1S/C13H13FN2OS/c1-8(2)12(17)9(7-15)13(18)16-11-6-4-3-5-10(11)14/h3-6,8,17H,1-2H3,(H,16,18). The third-order valence-corrected chi connectivity index (χ3v) is 2.57. The summed E-state index contributed by atoms with van der Waals surface area (Å²) in [5.41, 5.74) is 0.134. The third-order valence-electron chi connectivity index (χ3n) is 2.26. The zero-order chi connectivity index (χ0) is 13.7. The molecule has 0 saturated heterocycles. The van der Waals surface area contributed by atoms with E-state index in [2.05, 4.69) is 5.32 Å². The topological polar surface area (TPSA) is 56.0 Å². The van der Waals surface area contributed by atoms with Crippen LogP contribution in [0.5, 0.6) is 0 Å². The van der Waals surface area contributed by atoms with E-state index < -0.39 is 5.82 Å². The van der Waals surface area contributed by atoms with Gasteiger partial charge in [0.15, 0.2) is 0 Å². The molecule has 0 spiro atoms. The number of allylic oxidation sites excluding steroid dienone is 1. The van der Waals surface area contributed by atoms with Crippen molar-refractivity contribution in [2.75, 3.05) is 5.32 Å². The highest BCUT2D eigenvalue weighted by Gasteiger charge is 2.15. The molecular formula is C13H13FN2OS. The van der Waals surface area contributed by atoms with Crippen molar-refractivity contribution in [3.63, 3.8) is 0 Å². The van der Waals surface area contributed by atoms with Crippen molar-refractivity contribution >= 4 is 22.9 Å². The molecule has 2 N–H and O–H groups in total. The average Bonchev–Trinajstić information content (AvgIpc) is 2.32. The van der Waals surface area contributed by atoms with Crippen LogP contribution in [0.2, 0.25) is 0 Å². The quantitative estimate of drug-likeness (QED) is 0.379. The lowest BCUT2D eigenvalue weighted by atomic mass is 10.1. The van der Waals surface area contributed by atoms with E-state index >= 15 is 0 Å². The first-order chi connectivity index (χ1) is 8.47. The lowest BCUT2D eigenvalue weighted by Crippen LogP contribution is -2.15. The molecule has 3 nitrogen and oxygen atoms in total. The fraction of sp³-hybridized carbons (Fsp3) is 0.231. The van der Waals surface area contributed by atoms with Crippen LogP contribution in [0.4, 0.5) is 10.1 Å². The van der Waals surface area contributed by atoms with Gasteiger partial charge in [-0.1, -0.05) is 38.2 Å². The van der Waals surface area contributed by atoms with Crippen LogP contribution in [0.1, 0.15) is 13.8 Å². The molecule has 0 heterocycles. The summed E-state index contributed by atoms with van der Waals surface area (Å²) in [6.45, 7) is 3.47. The number of benzene rings is 1. The second-order valence-corrected chi connectivity index (χ2v) is 4.37. The Morgan fingerprint density at radius 1 is 1.44 bits per heavy atom. The summed E-state index contributed by atoms with van der Waals surface area (Å²) in [6, 6.07) is 7.81. The summed E-state index contributed by atoms with van der Waals surface area (Å²) in [4.78, 5) is 0.00815. The van der Waals surface area contributed by atoms with E-state index in [1.165, 1.54) is 12.1 Å². The number of anilines is 1. The summed E-state index contributed by atoms with van der Waals surface area (Å²) in [6.07, 6.45) is 0. The van der Waals surface area contributed by atoms with E-state index in [0.29, 0.717) is 0 Å². The molecule has 18 heavy (non-hydrogen) atoms. The SMILES string of the molecule is CC(C)C(O)=C(C#N)C(=S)Nc1ccccc1F. The van der Waals surface area contributed by atoms with Gasteiger partial charge in [-0.2, -0.15) is 5.26 Å². The number of thiocarbonyl (C=S) groups is 1. The van der Waals surface area contributed by atoms with Crippen molar-refractivity contribution < 1.29 is 9.50 Å². The van der Waals surface area contributed by atoms with Crippen LogP contribution in [-0.4, -0.2) is 10.1 Å². The Labute approximate surface area is 111 Å². The van der Waals surface area contributed by atoms with Crippen molar-refractivity contribution in [2.45, 2.75) is 13.8 Å². The van der Waals surface area contributed by atoms with Gasteiger partial charge in [-0.3, -0.25) is 0 Å². The third kappa shape index (κ3) is 3.28. The van der Waals surface area contributed by atoms with Crippen LogP contribution in [0.25, 0.3) is 0 Å². The smallest absolute Gasteiger partial charge is 0.146 e. The highest BCUT2D eigenvalue weighted by molar-refractivity contribution is 7.81. The first-order valence-electron chi connectivity index (χ1n) is 5.36. The summed E-state index contributed by atoms with van der Waals surface area (Å²) in [7, 11) is 0. The molecule has 0 fully saturated rings. The molecule has 0 radical (unpaired) electrons. The predicted molar refractivity (Wildman–Crippen MR) is 72.7 cm³/mol. The van der Waals surface area contributed by atoms with E-state index in [1.807, 2.05) is 6.07 Å². The van der Waals surface area contributed by atoms with Crippen molar-refractivity contribution in [1.29, 1.82) is 5.26 Å². The van der Waals surface area contributed by atoms with Gasteiger partial charge in [0, 0.05) is 5.92 Å². The first kappa shape index (κ1) is 14.1. The zero-order valence-corrected chi connectivity index (χ0v) is 10.9. The fourth-order valence-electron chi connectivity index (χ4n) is 1.26. The number of aliphatic hydroxyl groups is 1. The highest BCUT2D eigenvalue weighted by Crippen LogP contribution is 2.17. The summed E-state index contributed by atoms with van der Waals surface area (Å²) in [5, 5.41) is 21.3. The Morgan fingerprint density at radius 2 is 2.06 bits per heavy atom. The minimum Gasteiger partial charge on any atom is -0.511 e. The maximum atomic E-state index is 13.4. The number of para-hydroxylation sites is 1. The maximum absolute atomic E-state index is 13.4. The molecule has 0 atom stereocenters. The van der Waals surface area contributed by atoms with Crippen molar-refractivity contribution in [3.05, 3.63) is 41.4 Å². The zero-order valence-electron chi connectivity index (χ0n) is 10.1. The summed E-state index contributed by atoms with van der Waals surface area (Å²) < 4.78 is 13.4. The molecule has 1 rings (SSSR count). The van der Waals surface area contributed by atoms with E-state index in [9.17, 15) is 9.50 Å². The second kappa shape index (κ2) is 6.12. The monoisotopic (exact) mass is 264 g/mol. The molecule has 0 aliphatic rings. The molecule has 0 bridgehead atoms. The Bertz CT molecular complexity index is 532. The van der Waals surface area contributed by atoms with Crippen LogP contribution < -0.4 is 5.32 Å². The van der Waals surface area contributed by atoms with Crippen molar-refractivity contribution in [1.82, 2.24) is 0 Å². The molecule has 0 aliphatic carbocycles. The number of nitrogens with zero attached hydrogens (tertiary/aromatic N) is 1. The lowest BCUT2D eigenvalue weighted by Gasteiger charge is -2.11. The molecule has 0 unspecified atom stereocenters. The molecule has 0 aliphatic heterocycles. The van der Waals surface area contributed by atoms with E-state index in [0.717, 1.165) is 0 Å². The Balaban J connectivity index is 3.00. The van der Waals surface area contributed by atoms with E-state index in [-0.39, 0.29) is 27.9 Å². The van der Waals surface area contributed by atoms with Gasteiger partial charge in [-0.05, 0) is 12.1 Å². The molecule has 1 aromatic rings. The summed E-state index contributed by atoms with van der Waals surface area (Å²) in [5.74, 6) is -0.799. The average molecular weight is 264 g/mol. The number of nitriles is 1. The minimum absolute atomic E-state index is 0.00815. The van der Waals surface area contributed by atoms with Gasteiger partial charge in [0.1, 0.15) is 28.2 Å². The fourth-order valence-corrected chi connectivity index (χ4v) is 1.52. The van der Waals surface area contributed by atoms with Gasteiger partial charge < -0.3 is 10.4 Å². The molecule has 1 aromatic carbocycles. The largest absolute Gasteiger partial charge is 0.511 e. The number of nitrogens with one attached hydrogen (secondary N) is 1. The number of hydrogen-bond donors (Lipinski definition) is 2. The van der Waals surface area contributed by atoms with Gasteiger partial charge in [0.25, 0.3) is 0 Å². The van der Waals surface area contributed by atoms with Crippen molar-refractivity contribution in [3.8, 4) is 6.07 Å². The first-order valence-corrected chi connectivity index (χ1v) is 5.77. The Morgan fingerprint density at radius 3 is 2.56 bits per heavy atom. The van der Waals surface area contributed by atoms with Crippen LogP contribution in [0.3, 0.4) is 0 Å². The van der Waals surface area contributed by atoms with Crippen LogP contribution in [0.15, 0.2) is 35.6 Å². The normalized spacial score (nSPS) is 11.7. The van der Waals surface area contributed by atoms with Crippen LogP contribution >= 0.6 is 12.2 Å². The molecule has 0 aromatic heterocycles. The Kier molecular flexibility index (Phi) is 4.81. The second-order valence-electron chi connectivity index (χ2n) is 3.96. The Hall–Kier alpha value is -1.93. The number of rotatable bonds is 3. The van der Waals surface area contributed by atoms with Crippen molar-refractivity contribution in [2.24, 2.45) is 5.92 Å². The molecule has 5 heteroatoms.